The fourth-order valence-electron chi connectivity index (χ4n) is 4.04. The van der Waals surface area contributed by atoms with Crippen molar-refractivity contribution < 1.29 is 14.7 Å². The molecule has 0 atom stereocenters. The molecule has 2 amide bonds. The van der Waals surface area contributed by atoms with Gasteiger partial charge in [0.1, 0.15) is 5.00 Å². The maximum Gasteiger partial charge on any atom is 0.257 e. The summed E-state index contributed by atoms with van der Waals surface area (Å²) in [5.41, 5.74) is 2.19. The van der Waals surface area contributed by atoms with E-state index in [4.69, 9.17) is 0 Å². The van der Waals surface area contributed by atoms with Crippen molar-refractivity contribution in [3.63, 3.8) is 0 Å². The number of nitrogens with one attached hydrogen (secondary N) is 2. The Balaban J connectivity index is 0.00000124. The van der Waals surface area contributed by atoms with E-state index in [9.17, 15) is 14.7 Å². The van der Waals surface area contributed by atoms with Crippen LogP contribution in [-0.4, -0.2) is 34.1 Å². The van der Waals surface area contributed by atoms with Gasteiger partial charge in [0, 0.05) is 23.3 Å². The molecule has 1 saturated carbocycles. The molecule has 0 bridgehead atoms. The van der Waals surface area contributed by atoms with Gasteiger partial charge in [0.15, 0.2) is 0 Å². The van der Waals surface area contributed by atoms with E-state index in [1.54, 1.807) is 18.3 Å². The van der Waals surface area contributed by atoms with Gasteiger partial charge >= 0.3 is 0 Å². The third-order valence-corrected chi connectivity index (χ3v) is 6.79. The lowest BCUT2D eigenvalue weighted by molar-refractivity contribution is 0.0867. The first-order chi connectivity index (χ1) is 14.6. The molecule has 2 aromatic heterocycles. The average molecular weight is 430 g/mol. The molecular formula is C23H31N3O3S. The van der Waals surface area contributed by atoms with Crippen LogP contribution in [0.1, 0.15) is 83.5 Å². The topological polar surface area (TPSA) is 91.3 Å². The van der Waals surface area contributed by atoms with Crippen LogP contribution in [-0.2, 0) is 12.8 Å². The molecule has 0 aliphatic heterocycles. The first-order valence-corrected chi connectivity index (χ1v) is 11.8. The molecule has 2 aromatic rings. The van der Waals surface area contributed by atoms with Crippen molar-refractivity contribution >= 4 is 28.2 Å². The fraction of sp³-hybridized carbons (Fsp3) is 0.522. The van der Waals surface area contributed by atoms with Gasteiger partial charge in [0.2, 0.25) is 0 Å². The van der Waals surface area contributed by atoms with Crippen molar-refractivity contribution in [1.29, 1.82) is 0 Å². The highest BCUT2D eigenvalue weighted by Crippen LogP contribution is 2.38. The number of pyridine rings is 1. The molecule has 3 N–H and O–H groups in total. The molecule has 1 fully saturated rings. The molecule has 2 heterocycles. The van der Waals surface area contributed by atoms with Crippen molar-refractivity contribution in [2.45, 2.75) is 77.4 Å². The molecule has 0 saturated heterocycles. The Morgan fingerprint density at radius 1 is 1.10 bits per heavy atom. The quantitative estimate of drug-likeness (QED) is 0.674. The number of carbonyl (C=O) groups is 2. The van der Waals surface area contributed by atoms with Gasteiger partial charge in [0.05, 0.1) is 17.2 Å². The summed E-state index contributed by atoms with van der Waals surface area (Å²) in [4.78, 5) is 31.0. The van der Waals surface area contributed by atoms with Crippen LogP contribution in [0.4, 0.5) is 5.00 Å². The minimum atomic E-state index is -0.253. The molecule has 4 rings (SSSR count). The monoisotopic (exact) mass is 429 g/mol. The van der Waals surface area contributed by atoms with E-state index in [2.05, 4.69) is 15.6 Å². The van der Waals surface area contributed by atoms with Crippen LogP contribution < -0.4 is 10.6 Å². The maximum absolute atomic E-state index is 13.1. The molecule has 0 radical (unpaired) electrons. The molecule has 2 aliphatic rings. The highest BCUT2D eigenvalue weighted by Gasteiger charge is 2.29. The summed E-state index contributed by atoms with van der Waals surface area (Å²) >= 11 is 1.52. The van der Waals surface area contributed by atoms with Crippen molar-refractivity contribution in [1.82, 2.24) is 10.3 Å². The lowest BCUT2D eigenvalue weighted by Gasteiger charge is -2.26. The van der Waals surface area contributed by atoms with Crippen LogP contribution in [0.3, 0.4) is 0 Å². The van der Waals surface area contributed by atoms with E-state index in [-0.39, 0.29) is 24.0 Å². The van der Waals surface area contributed by atoms with E-state index in [1.807, 2.05) is 13.8 Å². The summed E-state index contributed by atoms with van der Waals surface area (Å²) < 4.78 is 0. The summed E-state index contributed by atoms with van der Waals surface area (Å²) in [5.74, 6) is -0.358. The predicted molar refractivity (Wildman–Crippen MR) is 120 cm³/mol. The molecular weight excluding hydrogens is 398 g/mol. The zero-order chi connectivity index (χ0) is 21.5. The summed E-state index contributed by atoms with van der Waals surface area (Å²) in [7, 11) is 0. The Kier molecular flexibility index (Phi) is 7.99. The number of hydrogen-bond acceptors (Lipinski definition) is 5. The number of aromatic nitrogens is 1. The molecule has 0 spiro atoms. The van der Waals surface area contributed by atoms with Gasteiger partial charge in [-0.15, -0.1) is 11.3 Å². The number of rotatable bonds is 4. The highest BCUT2D eigenvalue weighted by molar-refractivity contribution is 7.17. The number of hydrogen-bond donors (Lipinski definition) is 3. The second-order valence-corrected chi connectivity index (χ2v) is 8.69. The zero-order valence-corrected chi connectivity index (χ0v) is 18.6. The number of thiophene rings is 1. The van der Waals surface area contributed by atoms with Gasteiger partial charge in [-0.3, -0.25) is 14.6 Å². The first kappa shape index (κ1) is 22.4. The third kappa shape index (κ3) is 5.26. The highest BCUT2D eigenvalue weighted by atomic mass is 32.1. The normalized spacial score (nSPS) is 20.4. The number of fused-ring (bicyclic) bond motifs is 1. The Morgan fingerprint density at radius 3 is 2.53 bits per heavy atom. The smallest absolute Gasteiger partial charge is 0.257 e. The largest absolute Gasteiger partial charge is 0.393 e. The molecule has 2 aliphatic carbocycles. The van der Waals surface area contributed by atoms with Crippen LogP contribution in [0.2, 0.25) is 0 Å². The summed E-state index contributed by atoms with van der Waals surface area (Å²) in [5, 5.41) is 16.4. The molecule has 0 unspecified atom stereocenters. The van der Waals surface area contributed by atoms with Crippen molar-refractivity contribution in [3.05, 3.63) is 46.1 Å². The summed E-state index contributed by atoms with van der Waals surface area (Å²) in [6, 6.07) is 3.51. The molecule has 162 valence electrons. The van der Waals surface area contributed by atoms with Crippen LogP contribution in [0.25, 0.3) is 0 Å². The van der Waals surface area contributed by atoms with Gasteiger partial charge in [-0.25, -0.2) is 0 Å². The lowest BCUT2D eigenvalue weighted by Crippen LogP contribution is -2.39. The number of nitrogens with zero attached hydrogens (tertiary/aromatic N) is 1. The van der Waals surface area contributed by atoms with E-state index in [0.717, 1.165) is 56.9 Å². The van der Waals surface area contributed by atoms with E-state index in [0.29, 0.717) is 16.1 Å². The minimum absolute atomic E-state index is 0.0805. The van der Waals surface area contributed by atoms with Crippen LogP contribution in [0.5, 0.6) is 0 Å². The summed E-state index contributed by atoms with van der Waals surface area (Å²) in [6.07, 6.45) is 9.93. The minimum Gasteiger partial charge on any atom is -0.393 e. The summed E-state index contributed by atoms with van der Waals surface area (Å²) in [6.45, 7) is 4.00. The SMILES string of the molecule is CC.O=C(Nc1sc2c(c1C(=O)NC1CCC(O)CC1)CCCC2)c1cccnc1. The second-order valence-electron chi connectivity index (χ2n) is 7.59. The van der Waals surface area contributed by atoms with Crippen molar-refractivity contribution in [2.75, 3.05) is 5.32 Å². The fourth-order valence-corrected chi connectivity index (χ4v) is 5.33. The van der Waals surface area contributed by atoms with Crippen LogP contribution in [0, 0.1) is 0 Å². The van der Waals surface area contributed by atoms with E-state index >= 15 is 0 Å². The van der Waals surface area contributed by atoms with Crippen LogP contribution in [0.15, 0.2) is 24.5 Å². The van der Waals surface area contributed by atoms with E-state index in [1.165, 1.54) is 22.4 Å². The Morgan fingerprint density at radius 2 is 1.83 bits per heavy atom. The Hall–Kier alpha value is -2.25. The van der Waals surface area contributed by atoms with Crippen molar-refractivity contribution in [3.8, 4) is 0 Å². The third-order valence-electron chi connectivity index (χ3n) is 5.58. The Labute approximate surface area is 182 Å². The van der Waals surface area contributed by atoms with Gasteiger partial charge in [-0.2, -0.15) is 0 Å². The van der Waals surface area contributed by atoms with Crippen molar-refractivity contribution in [2.24, 2.45) is 0 Å². The number of aryl methyl sites for hydroxylation is 1. The number of aliphatic hydroxyl groups is 1. The van der Waals surface area contributed by atoms with Gasteiger partial charge in [0.25, 0.3) is 11.8 Å². The van der Waals surface area contributed by atoms with Gasteiger partial charge in [-0.05, 0) is 69.1 Å². The average Bonchev–Trinajstić information content (AvgIpc) is 3.15. The van der Waals surface area contributed by atoms with Gasteiger partial charge in [-0.1, -0.05) is 13.8 Å². The standard InChI is InChI=1S/C21H25N3O3S.C2H6/c25-15-9-7-14(8-10-15)23-20(27)18-16-5-1-2-6-17(16)28-21(18)24-19(26)13-4-3-11-22-12-13;1-2/h3-4,11-12,14-15,25H,1-2,5-10H2,(H,23,27)(H,24,26);1-2H3. The zero-order valence-electron chi connectivity index (χ0n) is 17.7. The molecule has 7 heteroatoms. The molecule has 6 nitrogen and oxygen atoms in total. The number of carbonyl (C=O) groups excluding carboxylic acids is 2. The molecule has 30 heavy (non-hydrogen) atoms. The number of anilines is 1. The van der Waals surface area contributed by atoms with Crippen LogP contribution >= 0.6 is 11.3 Å². The number of amides is 2. The lowest BCUT2D eigenvalue weighted by atomic mass is 9.92. The number of aliphatic hydroxyl groups excluding tert-OH is 1. The predicted octanol–water partition coefficient (Wildman–Crippen LogP) is 4.33. The Bertz CT molecular complexity index is 858. The van der Waals surface area contributed by atoms with Gasteiger partial charge < -0.3 is 15.7 Å². The maximum atomic E-state index is 13.1. The van der Waals surface area contributed by atoms with E-state index < -0.39 is 0 Å². The molecule has 0 aromatic carbocycles. The first-order valence-electron chi connectivity index (χ1n) is 11.0. The second kappa shape index (κ2) is 10.7.